The largest absolute Gasteiger partial charge is 0.444 e. The first kappa shape index (κ1) is 15.8. The highest BCUT2D eigenvalue weighted by Crippen LogP contribution is 2.29. The van der Waals surface area contributed by atoms with Crippen molar-refractivity contribution in [2.24, 2.45) is 0 Å². The van der Waals surface area contributed by atoms with Gasteiger partial charge in [0.15, 0.2) is 5.22 Å². The van der Waals surface area contributed by atoms with Crippen LogP contribution in [0.4, 0.5) is 0 Å². The summed E-state index contributed by atoms with van der Waals surface area (Å²) in [5, 5.41) is 7.37. The van der Waals surface area contributed by atoms with Crippen LogP contribution in [0, 0.1) is 0 Å². The number of benzene rings is 1. The van der Waals surface area contributed by atoms with Crippen LogP contribution in [0.3, 0.4) is 0 Å². The quantitative estimate of drug-likeness (QED) is 0.735. The number of rotatable bonds is 8. The number of ether oxygens (including phenoxy) is 1. The van der Waals surface area contributed by atoms with Gasteiger partial charge in [0.05, 0.1) is 6.61 Å². The Morgan fingerprint density at radius 2 is 2.14 bits per heavy atom. The van der Waals surface area contributed by atoms with Crippen LogP contribution in [-0.2, 0) is 16.1 Å². The van der Waals surface area contributed by atoms with Crippen molar-refractivity contribution in [3.63, 3.8) is 0 Å². The maximum Gasteiger partial charge on any atom is 0.221 e. The Hall–Kier alpha value is -1.56. The van der Waals surface area contributed by atoms with E-state index in [2.05, 4.69) is 10.6 Å². The van der Waals surface area contributed by atoms with Crippen LogP contribution < -0.4 is 10.6 Å². The molecule has 0 aliphatic rings. The van der Waals surface area contributed by atoms with Gasteiger partial charge in [-0.15, -0.1) is 0 Å². The number of methoxy groups -OCH3 is 1. The smallest absolute Gasteiger partial charge is 0.221 e. The number of furan rings is 1. The van der Waals surface area contributed by atoms with Crippen molar-refractivity contribution in [1.29, 1.82) is 0 Å². The molecule has 0 saturated heterocycles. The van der Waals surface area contributed by atoms with Crippen molar-refractivity contribution in [3.8, 4) is 0 Å². The van der Waals surface area contributed by atoms with E-state index >= 15 is 0 Å². The highest BCUT2D eigenvalue weighted by atomic mass is 35.5. The minimum atomic E-state index is 0.00250. The molecular formula is C15H19ClN2O3. The number of para-hydroxylation sites is 1. The van der Waals surface area contributed by atoms with Crippen LogP contribution in [0.1, 0.15) is 12.0 Å². The summed E-state index contributed by atoms with van der Waals surface area (Å²) >= 11 is 6.09. The summed E-state index contributed by atoms with van der Waals surface area (Å²) in [6.45, 7) is 2.21. The molecule has 1 heterocycles. The van der Waals surface area contributed by atoms with Crippen molar-refractivity contribution in [1.82, 2.24) is 10.6 Å². The fourth-order valence-corrected chi connectivity index (χ4v) is 2.28. The lowest BCUT2D eigenvalue weighted by molar-refractivity contribution is -0.121. The number of halogens is 1. The molecule has 0 spiro atoms. The highest BCUT2D eigenvalue weighted by molar-refractivity contribution is 6.30. The predicted molar refractivity (Wildman–Crippen MR) is 82.4 cm³/mol. The van der Waals surface area contributed by atoms with Gasteiger partial charge in [0.1, 0.15) is 5.58 Å². The first-order chi connectivity index (χ1) is 10.2. The van der Waals surface area contributed by atoms with E-state index in [9.17, 15) is 4.79 Å². The van der Waals surface area contributed by atoms with E-state index in [1.54, 1.807) is 7.11 Å². The van der Waals surface area contributed by atoms with Gasteiger partial charge < -0.3 is 19.8 Å². The Bertz CT molecular complexity index is 598. The molecule has 1 aromatic heterocycles. The number of nitrogens with one attached hydrogen (secondary N) is 2. The van der Waals surface area contributed by atoms with E-state index in [1.165, 1.54) is 0 Å². The van der Waals surface area contributed by atoms with Crippen LogP contribution in [0.2, 0.25) is 5.22 Å². The first-order valence-electron chi connectivity index (χ1n) is 6.84. The van der Waals surface area contributed by atoms with Gasteiger partial charge in [-0.1, -0.05) is 18.2 Å². The van der Waals surface area contributed by atoms with Crippen LogP contribution in [-0.4, -0.2) is 32.7 Å². The highest BCUT2D eigenvalue weighted by Gasteiger charge is 2.11. The Morgan fingerprint density at radius 1 is 1.33 bits per heavy atom. The third kappa shape index (κ3) is 4.46. The van der Waals surface area contributed by atoms with Gasteiger partial charge in [0.25, 0.3) is 0 Å². The molecule has 0 fully saturated rings. The minimum Gasteiger partial charge on any atom is -0.444 e. The number of carbonyl (C=O) groups excluding carboxylic acids is 1. The molecule has 0 radical (unpaired) electrons. The number of fused-ring (bicyclic) bond motifs is 1. The van der Waals surface area contributed by atoms with E-state index < -0.39 is 0 Å². The molecule has 0 unspecified atom stereocenters. The van der Waals surface area contributed by atoms with Gasteiger partial charge in [0.2, 0.25) is 5.91 Å². The van der Waals surface area contributed by atoms with E-state index in [0.717, 1.165) is 16.5 Å². The fourth-order valence-electron chi connectivity index (χ4n) is 2.03. The van der Waals surface area contributed by atoms with Crippen molar-refractivity contribution >= 4 is 28.5 Å². The molecule has 2 aromatic rings. The molecule has 0 aliphatic heterocycles. The molecule has 114 valence electrons. The summed E-state index contributed by atoms with van der Waals surface area (Å²) in [4.78, 5) is 11.5. The number of amides is 1. The average Bonchev–Trinajstić information content (AvgIpc) is 2.80. The fraction of sp³-hybridized carbons (Fsp3) is 0.400. The Balaban J connectivity index is 1.78. The van der Waals surface area contributed by atoms with Crippen LogP contribution in [0.5, 0.6) is 0 Å². The summed E-state index contributed by atoms with van der Waals surface area (Å²) < 4.78 is 10.3. The summed E-state index contributed by atoms with van der Waals surface area (Å²) in [6, 6.07) is 7.71. The van der Waals surface area contributed by atoms with E-state index in [1.807, 2.05) is 24.3 Å². The summed E-state index contributed by atoms with van der Waals surface area (Å²) in [5.74, 6) is 0.00250. The van der Waals surface area contributed by atoms with Crippen LogP contribution >= 0.6 is 11.6 Å². The second-order valence-corrected chi connectivity index (χ2v) is 4.96. The number of carbonyl (C=O) groups is 1. The van der Waals surface area contributed by atoms with E-state index in [0.29, 0.717) is 37.9 Å². The van der Waals surface area contributed by atoms with Gasteiger partial charge in [0, 0.05) is 44.1 Å². The lowest BCUT2D eigenvalue weighted by Gasteiger charge is -2.05. The molecule has 21 heavy (non-hydrogen) atoms. The molecule has 1 aromatic carbocycles. The molecule has 0 saturated carbocycles. The standard InChI is InChI=1S/C15H19ClN2O3/c1-20-9-8-18-14(19)6-7-17-10-12-11-4-2-3-5-13(11)21-15(12)16/h2-5,17H,6-10H2,1H3,(H,18,19). The zero-order chi connectivity index (χ0) is 15.1. The van der Waals surface area contributed by atoms with E-state index in [4.69, 9.17) is 20.8 Å². The van der Waals surface area contributed by atoms with Crippen molar-refractivity contribution < 1.29 is 13.9 Å². The topological polar surface area (TPSA) is 63.5 Å². The monoisotopic (exact) mass is 310 g/mol. The maximum atomic E-state index is 11.5. The molecule has 0 atom stereocenters. The van der Waals surface area contributed by atoms with E-state index in [-0.39, 0.29) is 5.91 Å². The molecule has 1 amide bonds. The number of hydrogen-bond donors (Lipinski definition) is 2. The minimum absolute atomic E-state index is 0.00250. The maximum absolute atomic E-state index is 11.5. The summed E-state index contributed by atoms with van der Waals surface area (Å²) in [6.07, 6.45) is 0.414. The Kier molecular flexibility index (Phi) is 6.04. The SMILES string of the molecule is COCCNC(=O)CCNCc1c(Cl)oc2ccccc12. The number of hydrogen-bond acceptors (Lipinski definition) is 4. The summed E-state index contributed by atoms with van der Waals surface area (Å²) in [5.41, 5.74) is 1.70. The average molecular weight is 311 g/mol. The second-order valence-electron chi connectivity index (χ2n) is 4.62. The van der Waals surface area contributed by atoms with Crippen molar-refractivity contribution in [3.05, 3.63) is 35.0 Å². The third-order valence-electron chi connectivity index (χ3n) is 3.11. The van der Waals surface area contributed by atoms with Crippen LogP contribution in [0.15, 0.2) is 28.7 Å². The molecule has 2 rings (SSSR count). The van der Waals surface area contributed by atoms with Crippen molar-refractivity contribution in [2.75, 3.05) is 26.8 Å². The molecule has 0 aliphatic carbocycles. The van der Waals surface area contributed by atoms with Crippen LogP contribution in [0.25, 0.3) is 11.0 Å². The zero-order valence-corrected chi connectivity index (χ0v) is 12.7. The Labute approximate surface area is 128 Å². The molecule has 5 nitrogen and oxygen atoms in total. The predicted octanol–water partition coefficient (Wildman–Crippen LogP) is 2.33. The Morgan fingerprint density at radius 3 is 2.95 bits per heavy atom. The van der Waals surface area contributed by atoms with Gasteiger partial charge in [-0.05, 0) is 17.7 Å². The van der Waals surface area contributed by atoms with Gasteiger partial charge in [-0.3, -0.25) is 4.79 Å². The van der Waals surface area contributed by atoms with Crippen molar-refractivity contribution in [2.45, 2.75) is 13.0 Å². The first-order valence-corrected chi connectivity index (χ1v) is 7.22. The zero-order valence-electron chi connectivity index (χ0n) is 11.9. The lowest BCUT2D eigenvalue weighted by Crippen LogP contribution is -2.29. The molecular weight excluding hydrogens is 292 g/mol. The summed E-state index contributed by atoms with van der Waals surface area (Å²) in [7, 11) is 1.60. The lowest BCUT2D eigenvalue weighted by atomic mass is 10.2. The molecule has 2 N–H and O–H groups in total. The van der Waals surface area contributed by atoms with Gasteiger partial charge in [-0.25, -0.2) is 0 Å². The molecule has 6 heteroatoms. The third-order valence-corrected chi connectivity index (χ3v) is 3.41. The van der Waals surface area contributed by atoms with Gasteiger partial charge in [-0.2, -0.15) is 0 Å². The molecule has 0 bridgehead atoms. The normalized spacial score (nSPS) is 11.0. The second kappa shape index (κ2) is 8.02. The van der Waals surface area contributed by atoms with Gasteiger partial charge >= 0.3 is 0 Å².